The lowest BCUT2D eigenvalue weighted by Crippen LogP contribution is -2.24. The van der Waals surface area contributed by atoms with Crippen molar-refractivity contribution < 1.29 is 28.9 Å². The maximum absolute atomic E-state index is 12.3. The van der Waals surface area contributed by atoms with E-state index in [-0.39, 0.29) is 17.1 Å². The van der Waals surface area contributed by atoms with Crippen molar-refractivity contribution >= 4 is 11.8 Å². The summed E-state index contributed by atoms with van der Waals surface area (Å²) in [4.78, 5) is 24.5. The Morgan fingerprint density at radius 2 is 1.54 bits per heavy atom. The molecular weight excluding hydrogens is 312 g/mol. The monoisotopic (exact) mass is 330 g/mol. The van der Waals surface area contributed by atoms with Gasteiger partial charge in [-0.05, 0) is 49.4 Å². The molecule has 2 aromatic carbocycles. The van der Waals surface area contributed by atoms with Gasteiger partial charge in [-0.2, -0.15) is 0 Å². The van der Waals surface area contributed by atoms with Crippen LogP contribution in [0.4, 0.5) is 0 Å². The Balaban J connectivity index is 2.11. The molecule has 0 aliphatic heterocycles. The molecule has 6 heteroatoms. The van der Waals surface area contributed by atoms with Crippen LogP contribution in [0.5, 0.6) is 17.2 Å². The van der Waals surface area contributed by atoms with Crippen LogP contribution in [0, 0.1) is 0 Å². The molecule has 0 bridgehead atoms. The number of benzene rings is 2. The van der Waals surface area contributed by atoms with Crippen LogP contribution in [0.25, 0.3) is 0 Å². The third-order valence-electron chi connectivity index (χ3n) is 3.45. The number of ketones is 1. The predicted molar refractivity (Wildman–Crippen MR) is 86.9 cm³/mol. The highest BCUT2D eigenvalue weighted by Gasteiger charge is 2.22. The van der Waals surface area contributed by atoms with Crippen molar-refractivity contribution in [3.05, 3.63) is 53.6 Å². The number of hydrogen-bond donors (Lipinski definition) is 1. The lowest BCUT2D eigenvalue weighted by molar-refractivity contribution is 0.0315. The second-order valence-corrected chi connectivity index (χ2v) is 5.02. The highest BCUT2D eigenvalue weighted by molar-refractivity contribution is 6.02. The van der Waals surface area contributed by atoms with Crippen molar-refractivity contribution in [1.29, 1.82) is 0 Å². The second-order valence-electron chi connectivity index (χ2n) is 5.02. The van der Waals surface area contributed by atoms with Gasteiger partial charge in [0.25, 0.3) is 0 Å². The third-order valence-corrected chi connectivity index (χ3v) is 3.45. The van der Waals surface area contributed by atoms with E-state index >= 15 is 0 Å². The van der Waals surface area contributed by atoms with Gasteiger partial charge in [0.2, 0.25) is 5.78 Å². The zero-order chi connectivity index (χ0) is 17.7. The van der Waals surface area contributed by atoms with Crippen molar-refractivity contribution in [2.24, 2.45) is 0 Å². The fraction of sp³-hybridized carbons (Fsp3) is 0.222. The molecule has 6 nitrogen and oxygen atoms in total. The number of methoxy groups -OCH3 is 2. The van der Waals surface area contributed by atoms with E-state index in [1.165, 1.54) is 39.3 Å². The molecule has 0 aliphatic carbocycles. The van der Waals surface area contributed by atoms with Crippen LogP contribution in [-0.2, 0) is 4.74 Å². The van der Waals surface area contributed by atoms with Crippen molar-refractivity contribution in [2.45, 2.75) is 13.0 Å². The molecule has 0 aliphatic rings. The van der Waals surface area contributed by atoms with Gasteiger partial charge in [-0.25, -0.2) is 4.79 Å². The van der Waals surface area contributed by atoms with E-state index < -0.39 is 12.1 Å². The van der Waals surface area contributed by atoms with Crippen LogP contribution in [0.3, 0.4) is 0 Å². The van der Waals surface area contributed by atoms with E-state index in [9.17, 15) is 14.7 Å². The molecule has 0 radical (unpaired) electrons. The molecule has 126 valence electrons. The smallest absolute Gasteiger partial charge is 0.342 e. The Morgan fingerprint density at radius 3 is 2.12 bits per heavy atom. The van der Waals surface area contributed by atoms with Gasteiger partial charge < -0.3 is 19.3 Å². The van der Waals surface area contributed by atoms with Crippen molar-refractivity contribution in [2.75, 3.05) is 14.2 Å². The molecule has 0 saturated heterocycles. The largest absolute Gasteiger partial charge is 0.507 e. The highest BCUT2D eigenvalue weighted by atomic mass is 16.5. The van der Waals surface area contributed by atoms with E-state index in [1.54, 1.807) is 24.3 Å². The van der Waals surface area contributed by atoms with Gasteiger partial charge in [-0.1, -0.05) is 0 Å². The Bertz CT molecular complexity index is 736. The summed E-state index contributed by atoms with van der Waals surface area (Å²) in [6, 6.07) is 10.7. The number of carbonyl (C=O) groups excluding carboxylic acids is 2. The van der Waals surface area contributed by atoms with E-state index in [4.69, 9.17) is 14.2 Å². The number of phenols is 1. The molecule has 24 heavy (non-hydrogen) atoms. The normalized spacial score (nSPS) is 11.5. The molecule has 0 saturated carbocycles. The number of ether oxygens (including phenoxy) is 3. The quantitative estimate of drug-likeness (QED) is 0.648. The molecule has 0 heterocycles. The number of aromatic hydroxyl groups is 1. The number of phenolic OH excluding ortho intramolecular Hbond substituents is 1. The van der Waals surface area contributed by atoms with Gasteiger partial charge in [0.05, 0.1) is 14.2 Å². The number of carbonyl (C=O) groups is 2. The average Bonchev–Trinajstić information content (AvgIpc) is 2.61. The summed E-state index contributed by atoms with van der Waals surface area (Å²) in [5.74, 6) is -0.384. The first kappa shape index (κ1) is 17.3. The second kappa shape index (κ2) is 7.50. The van der Waals surface area contributed by atoms with Gasteiger partial charge in [0.15, 0.2) is 6.10 Å². The Kier molecular flexibility index (Phi) is 5.42. The molecule has 0 spiro atoms. The standard InChI is InChI=1S/C18H18O6/c1-11(17(20)12-4-6-13(22-2)7-5-12)24-18(21)15-10-14(23-3)8-9-16(15)19/h4-11,19H,1-3H3/t11-/m1/s1. The summed E-state index contributed by atoms with van der Waals surface area (Å²) in [5, 5.41) is 9.77. The minimum Gasteiger partial charge on any atom is -0.507 e. The molecule has 2 rings (SSSR count). The van der Waals surface area contributed by atoms with Crippen molar-refractivity contribution in [3.63, 3.8) is 0 Å². The van der Waals surface area contributed by atoms with Gasteiger partial charge >= 0.3 is 5.97 Å². The fourth-order valence-corrected chi connectivity index (χ4v) is 2.07. The summed E-state index contributed by atoms with van der Waals surface area (Å²) < 4.78 is 15.2. The van der Waals surface area contributed by atoms with E-state index in [2.05, 4.69) is 0 Å². The van der Waals surface area contributed by atoms with Crippen LogP contribution >= 0.6 is 0 Å². The molecule has 1 atom stereocenters. The molecule has 0 amide bonds. The van der Waals surface area contributed by atoms with Crippen molar-refractivity contribution in [3.8, 4) is 17.2 Å². The van der Waals surface area contributed by atoms with Crippen LogP contribution < -0.4 is 9.47 Å². The minimum atomic E-state index is -1.00. The van der Waals surface area contributed by atoms with E-state index in [1.807, 2.05) is 0 Å². The summed E-state index contributed by atoms with van der Waals surface area (Å²) in [6.07, 6.45) is -1.00. The fourth-order valence-electron chi connectivity index (χ4n) is 2.07. The number of rotatable bonds is 6. The average molecular weight is 330 g/mol. The zero-order valence-corrected chi connectivity index (χ0v) is 13.6. The third kappa shape index (κ3) is 3.84. The molecule has 0 aromatic heterocycles. The number of esters is 1. The van der Waals surface area contributed by atoms with Gasteiger partial charge in [-0.15, -0.1) is 0 Å². The first-order chi connectivity index (χ1) is 11.5. The van der Waals surface area contributed by atoms with Crippen LogP contribution in [-0.4, -0.2) is 37.2 Å². The SMILES string of the molecule is COc1ccc(C(=O)[C@@H](C)OC(=O)c2cc(OC)ccc2O)cc1. The number of hydrogen-bond acceptors (Lipinski definition) is 6. The summed E-state index contributed by atoms with van der Waals surface area (Å²) in [6.45, 7) is 1.47. The van der Waals surface area contributed by atoms with Gasteiger partial charge in [-0.3, -0.25) is 4.79 Å². The topological polar surface area (TPSA) is 82.1 Å². The molecule has 1 N–H and O–H groups in total. The van der Waals surface area contributed by atoms with Gasteiger partial charge in [0, 0.05) is 5.56 Å². The summed E-state index contributed by atoms with van der Waals surface area (Å²) in [5.41, 5.74) is 0.328. The Labute approximate surface area is 139 Å². The van der Waals surface area contributed by atoms with E-state index in [0.29, 0.717) is 17.1 Å². The molecule has 0 fully saturated rings. The van der Waals surface area contributed by atoms with Crippen LogP contribution in [0.2, 0.25) is 0 Å². The maximum atomic E-state index is 12.3. The van der Waals surface area contributed by atoms with Crippen LogP contribution in [0.1, 0.15) is 27.6 Å². The zero-order valence-electron chi connectivity index (χ0n) is 13.6. The lowest BCUT2D eigenvalue weighted by Gasteiger charge is -2.13. The Morgan fingerprint density at radius 1 is 0.958 bits per heavy atom. The number of Topliss-reactive ketones (excluding diaryl/α,β-unsaturated/α-hetero) is 1. The highest BCUT2D eigenvalue weighted by Crippen LogP contribution is 2.24. The van der Waals surface area contributed by atoms with Crippen molar-refractivity contribution in [1.82, 2.24) is 0 Å². The molecule has 0 unspecified atom stereocenters. The summed E-state index contributed by atoms with van der Waals surface area (Å²) >= 11 is 0. The first-order valence-corrected chi connectivity index (χ1v) is 7.22. The van der Waals surface area contributed by atoms with E-state index in [0.717, 1.165) is 0 Å². The molecule has 2 aromatic rings. The Hall–Kier alpha value is -3.02. The van der Waals surface area contributed by atoms with Crippen LogP contribution in [0.15, 0.2) is 42.5 Å². The summed E-state index contributed by atoms with van der Waals surface area (Å²) in [7, 11) is 2.97. The maximum Gasteiger partial charge on any atom is 0.342 e. The predicted octanol–water partition coefficient (Wildman–Crippen LogP) is 2.84. The first-order valence-electron chi connectivity index (χ1n) is 7.22. The lowest BCUT2D eigenvalue weighted by atomic mass is 10.1. The van der Waals surface area contributed by atoms with Gasteiger partial charge in [0.1, 0.15) is 22.8 Å². The minimum absolute atomic E-state index is 0.0660. The molecular formula is C18H18O6.